The van der Waals surface area contributed by atoms with Crippen LogP contribution in [0, 0.1) is 27.7 Å². The molecule has 5 aromatic rings. The van der Waals surface area contributed by atoms with Gasteiger partial charge in [0, 0.05) is 24.4 Å². The summed E-state index contributed by atoms with van der Waals surface area (Å²) in [6.45, 7) is 7.80. The highest BCUT2D eigenvalue weighted by atomic mass is 19.3. The third kappa shape index (κ3) is 4.67. The Morgan fingerprint density at radius 2 is 1.79 bits per heavy atom. The van der Waals surface area contributed by atoms with Gasteiger partial charge in [0.05, 0.1) is 46.6 Å². The van der Waals surface area contributed by atoms with Crippen molar-refractivity contribution in [3.05, 3.63) is 76.5 Å². The third-order valence-corrected chi connectivity index (χ3v) is 6.66. The zero-order valence-corrected chi connectivity index (χ0v) is 21.8. The van der Waals surface area contributed by atoms with Gasteiger partial charge in [-0.2, -0.15) is 15.3 Å². The van der Waals surface area contributed by atoms with E-state index in [9.17, 15) is 13.6 Å². The lowest BCUT2D eigenvalue weighted by Gasteiger charge is -2.10. The summed E-state index contributed by atoms with van der Waals surface area (Å²) in [5.41, 5.74) is 5.78. The fraction of sp³-hybridized carbons (Fsp3) is 0.296. The molecular formula is C27H28F2N8O. The number of nitrogens with zero attached hydrogens (tertiary/aromatic N) is 7. The van der Waals surface area contributed by atoms with Crippen molar-refractivity contribution >= 4 is 22.6 Å². The number of rotatable bonds is 7. The van der Waals surface area contributed by atoms with Crippen LogP contribution in [0.3, 0.4) is 0 Å². The Hall–Kier alpha value is -4.41. The highest BCUT2D eigenvalue weighted by Crippen LogP contribution is 2.33. The van der Waals surface area contributed by atoms with Crippen molar-refractivity contribution in [2.75, 3.05) is 5.32 Å². The Bertz CT molecular complexity index is 1660. The van der Waals surface area contributed by atoms with Crippen LogP contribution in [0.1, 0.15) is 40.2 Å². The second-order valence-corrected chi connectivity index (χ2v) is 9.42. The standard InChI is InChI=1S/C27H28F2N8O/c1-15-8-6-7-9-19(15)13-36-18(4)25(17(3)34-36)32-23(38)14-37-27-24(16(2)33-37)21(26(28)29)10-22(31-27)20-11-30-35(5)12-20/h6-12,26H,13-14H2,1-5H3,(H,32,38). The number of benzene rings is 1. The molecule has 0 radical (unpaired) electrons. The zero-order valence-electron chi connectivity index (χ0n) is 21.8. The predicted octanol–water partition coefficient (Wildman–Crippen LogP) is 4.89. The first-order chi connectivity index (χ1) is 18.1. The number of anilines is 1. The Kier molecular flexibility index (Phi) is 6.52. The molecule has 0 spiro atoms. The zero-order chi connectivity index (χ0) is 27.1. The molecule has 0 atom stereocenters. The number of fused-ring (bicyclic) bond motifs is 1. The molecule has 4 aromatic heterocycles. The largest absolute Gasteiger partial charge is 0.321 e. The van der Waals surface area contributed by atoms with Crippen molar-refractivity contribution < 1.29 is 13.6 Å². The van der Waals surface area contributed by atoms with Gasteiger partial charge in [-0.05, 0) is 44.9 Å². The van der Waals surface area contributed by atoms with Gasteiger partial charge < -0.3 is 5.32 Å². The van der Waals surface area contributed by atoms with Gasteiger partial charge in [-0.1, -0.05) is 24.3 Å². The first kappa shape index (κ1) is 25.2. The number of carbonyl (C=O) groups excluding carboxylic acids is 1. The molecule has 9 nitrogen and oxygen atoms in total. The Labute approximate surface area is 218 Å². The number of amides is 1. The van der Waals surface area contributed by atoms with E-state index < -0.39 is 6.43 Å². The van der Waals surface area contributed by atoms with Crippen LogP contribution in [0.15, 0.2) is 42.7 Å². The van der Waals surface area contributed by atoms with Gasteiger partial charge >= 0.3 is 0 Å². The molecule has 0 fully saturated rings. The van der Waals surface area contributed by atoms with Crippen LogP contribution < -0.4 is 5.32 Å². The minimum Gasteiger partial charge on any atom is -0.321 e. The van der Waals surface area contributed by atoms with Crippen molar-refractivity contribution in [2.45, 2.75) is 47.2 Å². The number of aryl methyl sites for hydroxylation is 4. The van der Waals surface area contributed by atoms with Gasteiger partial charge in [0.1, 0.15) is 6.54 Å². The van der Waals surface area contributed by atoms with Crippen molar-refractivity contribution in [3.63, 3.8) is 0 Å². The van der Waals surface area contributed by atoms with Crippen LogP contribution in [0.25, 0.3) is 22.3 Å². The molecule has 5 rings (SSSR count). The number of halogens is 2. The lowest BCUT2D eigenvalue weighted by Crippen LogP contribution is -2.20. The molecule has 1 aromatic carbocycles. The molecule has 38 heavy (non-hydrogen) atoms. The summed E-state index contributed by atoms with van der Waals surface area (Å²) in [5, 5.41) is 16.3. The molecule has 0 aliphatic heterocycles. The van der Waals surface area contributed by atoms with E-state index >= 15 is 0 Å². The first-order valence-electron chi connectivity index (χ1n) is 12.2. The lowest BCUT2D eigenvalue weighted by atomic mass is 10.1. The number of hydrogen-bond donors (Lipinski definition) is 1. The molecule has 1 N–H and O–H groups in total. The van der Waals surface area contributed by atoms with E-state index in [0.717, 1.165) is 16.8 Å². The van der Waals surface area contributed by atoms with Gasteiger partial charge in [0.2, 0.25) is 5.91 Å². The fourth-order valence-corrected chi connectivity index (χ4v) is 4.67. The van der Waals surface area contributed by atoms with Crippen LogP contribution in [0.4, 0.5) is 14.5 Å². The molecule has 0 saturated heterocycles. The van der Waals surface area contributed by atoms with Crippen molar-refractivity contribution in [1.29, 1.82) is 0 Å². The highest BCUT2D eigenvalue weighted by Gasteiger charge is 2.23. The van der Waals surface area contributed by atoms with E-state index in [2.05, 4.69) is 31.7 Å². The summed E-state index contributed by atoms with van der Waals surface area (Å²) in [6, 6.07) is 9.44. The monoisotopic (exact) mass is 518 g/mol. The Morgan fingerprint density at radius 1 is 1.05 bits per heavy atom. The summed E-state index contributed by atoms with van der Waals surface area (Å²) in [4.78, 5) is 17.7. The van der Waals surface area contributed by atoms with Crippen LogP contribution in [-0.2, 0) is 24.9 Å². The predicted molar refractivity (Wildman–Crippen MR) is 140 cm³/mol. The van der Waals surface area contributed by atoms with Crippen molar-refractivity contribution in [2.24, 2.45) is 7.05 Å². The molecule has 4 heterocycles. The smallest absolute Gasteiger partial charge is 0.264 e. The Balaban J connectivity index is 1.44. The van der Waals surface area contributed by atoms with Gasteiger partial charge in [-0.15, -0.1) is 0 Å². The van der Waals surface area contributed by atoms with E-state index in [4.69, 9.17) is 0 Å². The number of alkyl halides is 2. The Morgan fingerprint density at radius 3 is 2.47 bits per heavy atom. The second kappa shape index (κ2) is 9.81. The van der Waals surface area contributed by atoms with E-state index in [1.54, 1.807) is 31.0 Å². The van der Waals surface area contributed by atoms with E-state index in [0.29, 0.717) is 34.9 Å². The molecule has 0 aliphatic rings. The molecule has 1 amide bonds. The van der Waals surface area contributed by atoms with Gasteiger partial charge in [0.15, 0.2) is 5.65 Å². The number of hydrogen-bond acceptors (Lipinski definition) is 5. The molecular weight excluding hydrogens is 490 g/mol. The summed E-state index contributed by atoms with van der Waals surface area (Å²) >= 11 is 0. The summed E-state index contributed by atoms with van der Waals surface area (Å²) < 4.78 is 32.9. The van der Waals surface area contributed by atoms with Crippen LogP contribution in [0.2, 0.25) is 0 Å². The highest BCUT2D eigenvalue weighted by molar-refractivity contribution is 5.93. The first-order valence-corrected chi connectivity index (χ1v) is 12.2. The van der Waals surface area contributed by atoms with Crippen LogP contribution >= 0.6 is 0 Å². The fourth-order valence-electron chi connectivity index (χ4n) is 4.67. The molecule has 0 unspecified atom stereocenters. The van der Waals surface area contributed by atoms with Gasteiger partial charge in [-0.25, -0.2) is 18.4 Å². The average molecular weight is 519 g/mol. The maximum absolute atomic E-state index is 14.0. The molecule has 11 heteroatoms. The molecule has 0 aliphatic carbocycles. The minimum atomic E-state index is -2.73. The van der Waals surface area contributed by atoms with Gasteiger partial charge in [0.25, 0.3) is 6.43 Å². The third-order valence-electron chi connectivity index (χ3n) is 6.66. The average Bonchev–Trinajstić information content (AvgIpc) is 3.52. The quantitative estimate of drug-likeness (QED) is 0.331. The number of carbonyl (C=O) groups is 1. The molecule has 0 saturated carbocycles. The maximum Gasteiger partial charge on any atom is 0.264 e. The number of pyridine rings is 1. The van der Waals surface area contributed by atoms with Crippen LogP contribution in [-0.4, -0.2) is 40.2 Å². The van der Waals surface area contributed by atoms with Crippen LogP contribution in [0.5, 0.6) is 0 Å². The normalized spacial score (nSPS) is 11.6. The number of aromatic nitrogens is 7. The SMILES string of the molecule is Cc1ccccc1Cn1nc(C)c(NC(=O)Cn2nc(C)c3c(C(F)F)cc(-c4cnn(C)c4)nc32)c1C. The summed E-state index contributed by atoms with van der Waals surface area (Å²) in [7, 11) is 1.74. The van der Waals surface area contributed by atoms with Gasteiger partial charge in [-0.3, -0.25) is 14.2 Å². The topological polar surface area (TPSA) is 95.5 Å². The maximum atomic E-state index is 14.0. The van der Waals surface area contributed by atoms with Crippen molar-refractivity contribution in [1.82, 2.24) is 34.3 Å². The molecule has 196 valence electrons. The molecule has 0 bridgehead atoms. The van der Waals surface area contributed by atoms with Crippen molar-refractivity contribution in [3.8, 4) is 11.3 Å². The van der Waals surface area contributed by atoms with E-state index in [-0.39, 0.29) is 29.0 Å². The number of nitrogens with one attached hydrogen (secondary N) is 1. The minimum absolute atomic E-state index is 0.179. The van der Waals surface area contributed by atoms with E-state index in [1.165, 1.54) is 10.7 Å². The van der Waals surface area contributed by atoms with E-state index in [1.807, 2.05) is 43.7 Å². The summed E-state index contributed by atoms with van der Waals surface area (Å²) in [6.07, 6.45) is 0.527. The lowest BCUT2D eigenvalue weighted by molar-refractivity contribution is -0.116. The summed E-state index contributed by atoms with van der Waals surface area (Å²) in [5.74, 6) is -0.358. The second-order valence-electron chi connectivity index (χ2n) is 9.42.